The third-order valence-corrected chi connectivity index (χ3v) is 6.36. The summed E-state index contributed by atoms with van der Waals surface area (Å²) in [5, 5.41) is 19.8. The molecule has 2 aromatic carbocycles. The molecule has 1 aliphatic carbocycles. The van der Waals surface area contributed by atoms with Crippen molar-refractivity contribution in [3.05, 3.63) is 74.6 Å². The van der Waals surface area contributed by atoms with Crippen LogP contribution < -0.4 is 5.56 Å². The Bertz CT molecular complexity index is 1230. The Hall–Kier alpha value is -3.04. The number of nitrogens with zero attached hydrogens (tertiary/aromatic N) is 3. The normalized spacial score (nSPS) is 19.0. The summed E-state index contributed by atoms with van der Waals surface area (Å²) in [7, 11) is 0. The molecule has 1 N–H and O–H groups in total. The molecule has 1 fully saturated rings. The van der Waals surface area contributed by atoms with Crippen LogP contribution in [0.2, 0.25) is 0 Å². The summed E-state index contributed by atoms with van der Waals surface area (Å²) in [6, 6.07) is 7.93. The molecule has 0 saturated heterocycles. The van der Waals surface area contributed by atoms with Gasteiger partial charge in [-0.05, 0) is 67.1 Å². The van der Waals surface area contributed by atoms with Crippen molar-refractivity contribution >= 4 is 10.9 Å². The maximum Gasteiger partial charge on any atom is 0.261 e. The molecule has 0 bridgehead atoms. The zero-order valence-electron chi connectivity index (χ0n) is 17.2. The second-order valence-electron chi connectivity index (χ2n) is 8.15. The standard InChI is InChI=1S/C24H24FN3O2/c1-14-15(2)23-19(11-18(14)10-17-8-7-16(12-26)9-20(17)25)24(30)28(13-27-23)21-5-3-4-6-22(21)29/h7-9,11,13,21-22,29H,3-6,10H2,1-2H3/t21-,22-/m0/s1. The quantitative estimate of drug-likeness (QED) is 0.712. The minimum atomic E-state index is -0.547. The molecule has 1 saturated carbocycles. The fraction of sp³-hybridized carbons (Fsp3) is 0.375. The highest BCUT2D eigenvalue weighted by Gasteiger charge is 2.26. The molecule has 2 atom stereocenters. The largest absolute Gasteiger partial charge is 0.391 e. The average Bonchev–Trinajstić information content (AvgIpc) is 2.74. The first-order valence-electron chi connectivity index (χ1n) is 10.3. The molecule has 1 heterocycles. The lowest BCUT2D eigenvalue weighted by Crippen LogP contribution is -2.34. The Morgan fingerprint density at radius 1 is 1.20 bits per heavy atom. The van der Waals surface area contributed by atoms with Crippen molar-refractivity contribution in [3.63, 3.8) is 0 Å². The first-order chi connectivity index (χ1) is 14.4. The minimum Gasteiger partial charge on any atom is -0.391 e. The molecule has 1 aromatic heterocycles. The number of aryl methyl sites for hydroxylation is 1. The molecule has 3 aromatic rings. The predicted octanol–water partition coefficient (Wildman–Crippen LogP) is 4.09. The monoisotopic (exact) mass is 405 g/mol. The van der Waals surface area contributed by atoms with E-state index in [1.807, 2.05) is 19.9 Å². The van der Waals surface area contributed by atoms with Crippen LogP contribution >= 0.6 is 0 Å². The number of nitriles is 1. The average molecular weight is 405 g/mol. The van der Waals surface area contributed by atoms with Crippen LogP contribution in [0.4, 0.5) is 4.39 Å². The lowest BCUT2D eigenvalue weighted by Gasteiger charge is -2.29. The van der Waals surface area contributed by atoms with Gasteiger partial charge in [0, 0.05) is 6.42 Å². The van der Waals surface area contributed by atoms with Crippen molar-refractivity contribution in [2.24, 2.45) is 0 Å². The molecule has 5 nitrogen and oxygen atoms in total. The molecule has 0 unspecified atom stereocenters. The Morgan fingerprint density at radius 2 is 1.97 bits per heavy atom. The lowest BCUT2D eigenvalue weighted by atomic mass is 9.92. The van der Waals surface area contributed by atoms with Gasteiger partial charge in [-0.3, -0.25) is 9.36 Å². The predicted molar refractivity (Wildman–Crippen MR) is 113 cm³/mol. The number of fused-ring (bicyclic) bond motifs is 1. The van der Waals surface area contributed by atoms with Crippen LogP contribution in [0.1, 0.15) is 59.5 Å². The summed E-state index contributed by atoms with van der Waals surface area (Å²) in [5.74, 6) is -0.430. The van der Waals surface area contributed by atoms with Gasteiger partial charge in [0.05, 0.1) is 41.0 Å². The van der Waals surface area contributed by atoms with Crippen LogP contribution in [0.15, 0.2) is 35.4 Å². The number of hydrogen-bond acceptors (Lipinski definition) is 4. The number of rotatable bonds is 3. The molecule has 154 valence electrons. The van der Waals surface area contributed by atoms with Gasteiger partial charge in [0.25, 0.3) is 5.56 Å². The maximum absolute atomic E-state index is 14.4. The third-order valence-electron chi connectivity index (χ3n) is 6.36. The zero-order valence-corrected chi connectivity index (χ0v) is 17.2. The van der Waals surface area contributed by atoms with E-state index >= 15 is 0 Å². The summed E-state index contributed by atoms with van der Waals surface area (Å²) >= 11 is 0. The van der Waals surface area contributed by atoms with Crippen LogP contribution in [-0.4, -0.2) is 20.8 Å². The molecule has 0 spiro atoms. The van der Waals surface area contributed by atoms with Gasteiger partial charge in [-0.15, -0.1) is 0 Å². The Kier molecular flexibility index (Phi) is 5.40. The van der Waals surface area contributed by atoms with E-state index in [0.717, 1.165) is 36.0 Å². The van der Waals surface area contributed by atoms with E-state index in [1.54, 1.807) is 29.1 Å². The molecular weight excluding hydrogens is 381 g/mol. The second-order valence-corrected chi connectivity index (χ2v) is 8.15. The summed E-state index contributed by atoms with van der Waals surface area (Å²) in [4.78, 5) is 17.8. The first-order valence-corrected chi connectivity index (χ1v) is 10.3. The van der Waals surface area contributed by atoms with Crippen molar-refractivity contribution < 1.29 is 9.50 Å². The van der Waals surface area contributed by atoms with Crippen molar-refractivity contribution in [1.29, 1.82) is 5.26 Å². The molecule has 0 amide bonds. The second kappa shape index (κ2) is 8.00. The van der Waals surface area contributed by atoms with E-state index in [1.165, 1.54) is 6.07 Å². The summed E-state index contributed by atoms with van der Waals surface area (Å²) in [6.45, 7) is 3.87. The summed E-state index contributed by atoms with van der Waals surface area (Å²) in [5.41, 5.74) is 3.94. The van der Waals surface area contributed by atoms with Crippen LogP contribution in [0.5, 0.6) is 0 Å². The van der Waals surface area contributed by atoms with Gasteiger partial charge in [0.15, 0.2) is 0 Å². The number of aliphatic hydroxyl groups excluding tert-OH is 1. The highest BCUT2D eigenvalue weighted by Crippen LogP contribution is 2.29. The van der Waals surface area contributed by atoms with Crippen LogP contribution in [0.3, 0.4) is 0 Å². The molecule has 4 rings (SSSR count). The molecule has 30 heavy (non-hydrogen) atoms. The van der Waals surface area contributed by atoms with E-state index in [0.29, 0.717) is 29.3 Å². The Morgan fingerprint density at radius 3 is 2.67 bits per heavy atom. The van der Waals surface area contributed by atoms with Gasteiger partial charge in [0.2, 0.25) is 0 Å². The van der Waals surface area contributed by atoms with Gasteiger partial charge in [-0.2, -0.15) is 5.26 Å². The number of benzene rings is 2. The number of hydrogen-bond donors (Lipinski definition) is 1. The van der Waals surface area contributed by atoms with E-state index in [4.69, 9.17) is 5.26 Å². The van der Waals surface area contributed by atoms with Crippen molar-refractivity contribution in [1.82, 2.24) is 9.55 Å². The summed E-state index contributed by atoms with van der Waals surface area (Å²) < 4.78 is 16.0. The number of halogens is 1. The molecule has 0 aliphatic heterocycles. The minimum absolute atomic E-state index is 0.171. The highest BCUT2D eigenvalue weighted by molar-refractivity contribution is 5.83. The van der Waals surface area contributed by atoms with Crippen molar-refractivity contribution in [2.45, 2.75) is 58.1 Å². The zero-order chi connectivity index (χ0) is 21.4. The molecular formula is C24H24FN3O2. The van der Waals surface area contributed by atoms with Crippen LogP contribution in [-0.2, 0) is 6.42 Å². The van der Waals surface area contributed by atoms with E-state index < -0.39 is 11.9 Å². The smallest absolute Gasteiger partial charge is 0.261 e. The number of aliphatic hydroxyl groups is 1. The molecule has 1 aliphatic rings. The van der Waals surface area contributed by atoms with Crippen LogP contribution in [0, 0.1) is 31.0 Å². The van der Waals surface area contributed by atoms with E-state index in [-0.39, 0.29) is 17.2 Å². The van der Waals surface area contributed by atoms with Gasteiger partial charge < -0.3 is 5.11 Å². The third kappa shape index (κ3) is 3.50. The SMILES string of the molecule is Cc1c(Cc2ccc(C#N)cc2F)cc2c(=O)n([C@H]3CCCC[C@@H]3O)cnc2c1C. The first kappa shape index (κ1) is 20.2. The Balaban J connectivity index is 1.81. The maximum atomic E-state index is 14.4. The number of aromatic nitrogens is 2. The Labute approximate surface area is 174 Å². The van der Waals surface area contributed by atoms with Gasteiger partial charge in [0.1, 0.15) is 5.82 Å². The fourth-order valence-corrected chi connectivity index (χ4v) is 4.41. The highest BCUT2D eigenvalue weighted by atomic mass is 19.1. The van der Waals surface area contributed by atoms with Crippen molar-refractivity contribution in [2.75, 3.05) is 0 Å². The fourth-order valence-electron chi connectivity index (χ4n) is 4.41. The topological polar surface area (TPSA) is 78.9 Å². The molecule has 0 radical (unpaired) electrons. The van der Waals surface area contributed by atoms with E-state index in [9.17, 15) is 14.3 Å². The van der Waals surface area contributed by atoms with Crippen LogP contribution in [0.25, 0.3) is 10.9 Å². The molecule has 6 heteroatoms. The lowest BCUT2D eigenvalue weighted by molar-refractivity contribution is 0.0735. The summed E-state index contributed by atoms with van der Waals surface area (Å²) in [6.07, 6.45) is 4.70. The van der Waals surface area contributed by atoms with Crippen molar-refractivity contribution in [3.8, 4) is 6.07 Å². The van der Waals surface area contributed by atoms with Gasteiger partial charge in [-0.25, -0.2) is 9.37 Å². The van der Waals surface area contributed by atoms with Gasteiger partial charge >= 0.3 is 0 Å². The van der Waals surface area contributed by atoms with E-state index in [2.05, 4.69) is 4.98 Å². The van der Waals surface area contributed by atoms with Gasteiger partial charge in [-0.1, -0.05) is 18.9 Å².